The molecule has 0 aliphatic rings. The highest BCUT2D eigenvalue weighted by Gasteiger charge is 2.11. The number of hydrogen-bond acceptors (Lipinski definition) is 5. The molecule has 0 atom stereocenters. The van der Waals surface area contributed by atoms with Crippen LogP contribution in [0.2, 0.25) is 0 Å². The standard InChI is InChI=1S/C17H22N2O3/c1-21-16-7-6-14(17(11-16)22-2)12-19(9-10-20)13-15-5-3-4-8-18-15/h3-8,11,20H,9-10,12-13H2,1-2H3. The highest BCUT2D eigenvalue weighted by Crippen LogP contribution is 2.26. The maximum atomic E-state index is 9.29. The number of aliphatic hydroxyl groups excluding tert-OH is 1. The minimum absolute atomic E-state index is 0.102. The van der Waals surface area contributed by atoms with Gasteiger partial charge in [-0.15, -0.1) is 0 Å². The predicted molar refractivity (Wildman–Crippen MR) is 85.0 cm³/mol. The van der Waals surface area contributed by atoms with E-state index in [0.29, 0.717) is 19.6 Å². The van der Waals surface area contributed by atoms with Crippen LogP contribution in [0.1, 0.15) is 11.3 Å². The molecule has 0 radical (unpaired) electrons. The average molecular weight is 302 g/mol. The van der Waals surface area contributed by atoms with E-state index in [2.05, 4.69) is 9.88 Å². The molecule has 0 unspecified atom stereocenters. The van der Waals surface area contributed by atoms with Gasteiger partial charge >= 0.3 is 0 Å². The Morgan fingerprint density at radius 1 is 1.09 bits per heavy atom. The molecule has 2 rings (SSSR count). The summed E-state index contributed by atoms with van der Waals surface area (Å²) in [5, 5.41) is 9.29. The molecule has 0 saturated heterocycles. The molecule has 1 aromatic carbocycles. The number of rotatable bonds is 8. The van der Waals surface area contributed by atoms with Gasteiger partial charge in [0.15, 0.2) is 0 Å². The second-order valence-electron chi connectivity index (χ2n) is 4.93. The summed E-state index contributed by atoms with van der Waals surface area (Å²) in [5.74, 6) is 1.54. The Labute approximate surface area is 131 Å². The summed E-state index contributed by atoms with van der Waals surface area (Å²) in [4.78, 5) is 6.47. The van der Waals surface area contributed by atoms with Crippen LogP contribution in [0.3, 0.4) is 0 Å². The molecule has 0 amide bonds. The van der Waals surface area contributed by atoms with E-state index >= 15 is 0 Å². The Kier molecular flexibility index (Phi) is 6.18. The van der Waals surface area contributed by atoms with Crippen molar-refractivity contribution in [3.63, 3.8) is 0 Å². The summed E-state index contributed by atoms with van der Waals surface area (Å²) in [6.07, 6.45) is 1.78. The molecule has 0 spiro atoms. The number of pyridine rings is 1. The Bertz CT molecular complexity index is 575. The minimum Gasteiger partial charge on any atom is -0.497 e. The molecule has 118 valence electrons. The Morgan fingerprint density at radius 2 is 1.95 bits per heavy atom. The fraction of sp³-hybridized carbons (Fsp3) is 0.353. The first-order valence-corrected chi connectivity index (χ1v) is 7.21. The first-order valence-electron chi connectivity index (χ1n) is 7.21. The van der Waals surface area contributed by atoms with E-state index in [-0.39, 0.29) is 6.61 Å². The molecule has 1 aromatic heterocycles. The Morgan fingerprint density at radius 3 is 2.59 bits per heavy atom. The SMILES string of the molecule is COc1ccc(CN(CCO)Cc2ccccn2)c(OC)c1. The maximum absolute atomic E-state index is 9.29. The van der Waals surface area contributed by atoms with Crippen LogP contribution in [0, 0.1) is 0 Å². The number of aromatic nitrogens is 1. The zero-order chi connectivity index (χ0) is 15.8. The topological polar surface area (TPSA) is 54.8 Å². The largest absolute Gasteiger partial charge is 0.497 e. The molecule has 0 aliphatic carbocycles. The molecule has 0 aliphatic heterocycles. The lowest BCUT2D eigenvalue weighted by Gasteiger charge is -2.22. The molecule has 22 heavy (non-hydrogen) atoms. The van der Waals surface area contributed by atoms with E-state index in [1.165, 1.54) is 0 Å². The predicted octanol–water partition coefficient (Wildman–Crippen LogP) is 2.09. The fourth-order valence-corrected chi connectivity index (χ4v) is 2.30. The summed E-state index contributed by atoms with van der Waals surface area (Å²) in [7, 11) is 3.28. The zero-order valence-electron chi connectivity index (χ0n) is 13.0. The van der Waals surface area contributed by atoms with Gasteiger partial charge in [-0.2, -0.15) is 0 Å². The van der Waals surface area contributed by atoms with Crippen LogP contribution in [-0.2, 0) is 13.1 Å². The normalized spacial score (nSPS) is 10.7. The second-order valence-corrected chi connectivity index (χ2v) is 4.93. The van der Waals surface area contributed by atoms with Gasteiger partial charge in [-0.25, -0.2) is 0 Å². The number of methoxy groups -OCH3 is 2. The molecule has 5 nitrogen and oxygen atoms in total. The number of benzene rings is 1. The van der Waals surface area contributed by atoms with Gasteiger partial charge in [0.2, 0.25) is 0 Å². The minimum atomic E-state index is 0.102. The van der Waals surface area contributed by atoms with Crippen molar-refractivity contribution in [1.29, 1.82) is 0 Å². The monoisotopic (exact) mass is 302 g/mol. The highest BCUT2D eigenvalue weighted by molar-refractivity contribution is 5.40. The van der Waals surface area contributed by atoms with Gasteiger partial charge in [0.1, 0.15) is 11.5 Å². The van der Waals surface area contributed by atoms with Crippen LogP contribution in [0.4, 0.5) is 0 Å². The quantitative estimate of drug-likeness (QED) is 0.809. The van der Waals surface area contributed by atoms with E-state index in [0.717, 1.165) is 22.8 Å². The van der Waals surface area contributed by atoms with Crippen molar-refractivity contribution < 1.29 is 14.6 Å². The van der Waals surface area contributed by atoms with Gasteiger partial charge in [-0.05, 0) is 18.2 Å². The van der Waals surface area contributed by atoms with Crippen LogP contribution in [0.25, 0.3) is 0 Å². The summed E-state index contributed by atoms with van der Waals surface area (Å²) < 4.78 is 10.6. The van der Waals surface area contributed by atoms with Crippen LogP contribution in [0.15, 0.2) is 42.6 Å². The lowest BCUT2D eigenvalue weighted by molar-refractivity contribution is 0.181. The Hall–Kier alpha value is -2.11. The summed E-state index contributed by atoms with van der Waals surface area (Å²) in [5.41, 5.74) is 2.02. The summed E-state index contributed by atoms with van der Waals surface area (Å²) >= 11 is 0. The average Bonchev–Trinajstić information content (AvgIpc) is 2.56. The van der Waals surface area contributed by atoms with Crippen LogP contribution in [0.5, 0.6) is 11.5 Å². The molecule has 0 saturated carbocycles. The first-order chi connectivity index (χ1) is 10.8. The second kappa shape index (κ2) is 8.36. The van der Waals surface area contributed by atoms with E-state index in [4.69, 9.17) is 9.47 Å². The van der Waals surface area contributed by atoms with Crippen molar-refractivity contribution in [3.05, 3.63) is 53.9 Å². The third kappa shape index (κ3) is 4.44. The number of nitrogens with zero attached hydrogens (tertiary/aromatic N) is 2. The molecule has 0 fully saturated rings. The van der Waals surface area contributed by atoms with Crippen molar-refractivity contribution in [3.8, 4) is 11.5 Å². The molecule has 1 heterocycles. The third-order valence-corrected chi connectivity index (χ3v) is 3.42. The van der Waals surface area contributed by atoms with Crippen molar-refractivity contribution in [1.82, 2.24) is 9.88 Å². The zero-order valence-corrected chi connectivity index (χ0v) is 13.0. The van der Waals surface area contributed by atoms with Crippen LogP contribution in [-0.4, -0.2) is 42.4 Å². The molecule has 2 aromatic rings. The van der Waals surface area contributed by atoms with E-state index < -0.39 is 0 Å². The number of ether oxygens (including phenoxy) is 2. The van der Waals surface area contributed by atoms with Gasteiger partial charge in [-0.3, -0.25) is 9.88 Å². The van der Waals surface area contributed by atoms with E-state index in [1.807, 2.05) is 36.4 Å². The van der Waals surface area contributed by atoms with Gasteiger partial charge in [0.25, 0.3) is 0 Å². The number of hydrogen-bond donors (Lipinski definition) is 1. The fourth-order valence-electron chi connectivity index (χ4n) is 2.30. The summed E-state index contributed by atoms with van der Waals surface area (Å²) in [6.45, 7) is 2.03. The smallest absolute Gasteiger partial charge is 0.127 e. The van der Waals surface area contributed by atoms with Crippen molar-refractivity contribution in [2.45, 2.75) is 13.1 Å². The highest BCUT2D eigenvalue weighted by atomic mass is 16.5. The van der Waals surface area contributed by atoms with Gasteiger partial charge in [-0.1, -0.05) is 12.1 Å². The molecule has 1 N–H and O–H groups in total. The maximum Gasteiger partial charge on any atom is 0.127 e. The summed E-state index contributed by atoms with van der Waals surface area (Å²) in [6, 6.07) is 11.6. The molecule has 0 bridgehead atoms. The number of aliphatic hydroxyl groups is 1. The van der Waals surface area contributed by atoms with Crippen molar-refractivity contribution in [2.24, 2.45) is 0 Å². The Balaban J connectivity index is 2.13. The van der Waals surface area contributed by atoms with Crippen molar-refractivity contribution in [2.75, 3.05) is 27.4 Å². The van der Waals surface area contributed by atoms with Gasteiger partial charge in [0, 0.05) is 37.5 Å². The first kappa shape index (κ1) is 16.3. The van der Waals surface area contributed by atoms with Crippen LogP contribution >= 0.6 is 0 Å². The van der Waals surface area contributed by atoms with Crippen LogP contribution < -0.4 is 9.47 Å². The van der Waals surface area contributed by atoms with Gasteiger partial charge in [0.05, 0.1) is 26.5 Å². The van der Waals surface area contributed by atoms with Gasteiger partial charge < -0.3 is 14.6 Å². The third-order valence-electron chi connectivity index (χ3n) is 3.42. The lowest BCUT2D eigenvalue weighted by atomic mass is 10.1. The lowest BCUT2D eigenvalue weighted by Crippen LogP contribution is -2.26. The molecular formula is C17H22N2O3. The molecular weight excluding hydrogens is 280 g/mol. The van der Waals surface area contributed by atoms with E-state index in [1.54, 1.807) is 20.4 Å². The van der Waals surface area contributed by atoms with Crippen molar-refractivity contribution >= 4 is 0 Å². The molecule has 5 heteroatoms. The van der Waals surface area contributed by atoms with E-state index in [9.17, 15) is 5.11 Å².